The molecule has 2 nitrogen and oxygen atoms in total. The Bertz CT molecular complexity index is 445. The average molecular weight is 231 g/mol. The number of hydrogen-bond acceptors (Lipinski definition) is 0. The summed E-state index contributed by atoms with van der Waals surface area (Å²) in [6, 6.07) is 8.50. The van der Waals surface area contributed by atoms with Gasteiger partial charge in [-0.3, -0.25) is 0 Å². The molecule has 2 rings (SSSR count). The van der Waals surface area contributed by atoms with Crippen LogP contribution in [0.5, 0.6) is 0 Å². The van der Waals surface area contributed by atoms with Crippen molar-refractivity contribution < 1.29 is 4.57 Å². The van der Waals surface area contributed by atoms with Crippen molar-refractivity contribution in [2.24, 2.45) is 0 Å². The summed E-state index contributed by atoms with van der Waals surface area (Å²) in [5.41, 5.74) is 2.56. The molecule has 1 aromatic carbocycles. The molecule has 1 aromatic heterocycles. The number of fused-ring (bicyclic) bond motifs is 1. The third-order valence-electron chi connectivity index (χ3n) is 3.34. The summed E-state index contributed by atoms with van der Waals surface area (Å²) in [5.74, 6) is 0. The SMILES string of the molecule is CCCCCCCC[n+]1c[nH]c2ccccc21. The van der Waals surface area contributed by atoms with Crippen LogP contribution in [0.2, 0.25) is 0 Å². The Morgan fingerprint density at radius 3 is 2.65 bits per heavy atom. The number of nitrogens with zero attached hydrogens (tertiary/aromatic N) is 1. The Labute approximate surface area is 104 Å². The van der Waals surface area contributed by atoms with Gasteiger partial charge in [-0.2, -0.15) is 0 Å². The Morgan fingerprint density at radius 2 is 1.76 bits per heavy atom. The second kappa shape index (κ2) is 6.43. The Hall–Kier alpha value is -1.31. The highest BCUT2D eigenvalue weighted by Gasteiger charge is 2.07. The van der Waals surface area contributed by atoms with E-state index < -0.39 is 0 Å². The number of imidazole rings is 1. The van der Waals surface area contributed by atoms with Gasteiger partial charge >= 0.3 is 0 Å². The summed E-state index contributed by atoms with van der Waals surface area (Å²) in [5, 5.41) is 0. The first-order valence-corrected chi connectivity index (χ1v) is 6.87. The van der Waals surface area contributed by atoms with Gasteiger partial charge in [-0.05, 0) is 25.0 Å². The fourth-order valence-electron chi connectivity index (χ4n) is 2.31. The highest BCUT2D eigenvalue weighted by Crippen LogP contribution is 2.08. The predicted molar refractivity (Wildman–Crippen MR) is 71.9 cm³/mol. The number of H-pyrrole nitrogens is 1. The Balaban J connectivity index is 1.79. The van der Waals surface area contributed by atoms with Crippen molar-refractivity contribution >= 4 is 11.0 Å². The second-order valence-electron chi connectivity index (χ2n) is 4.75. The number of aromatic nitrogens is 2. The van der Waals surface area contributed by atoms with Gasteiger partial charge < -0.3 is 0 Å². The van der Waals surface area contributed by atoms with E-state index in [9.17, 15) is 0 Å². The minimum absolute atomic E-state index is 1.14. The van der Waals surface area contributed by atoms with Crippen molar-refractivity contribution in [1.82, 2.24) is 4.98 Å². The quantitative estimate of drug-likeness (QED) is 0.552. The topological polar surface area (TPSA) is 19.7 Å². The molecule has 0 saturated heterocycles. The van der Waals surface area contributed by atoms with Crippen LogP contribution < -0.4 is 4.57 Å². The lowest BCUT2D eigenvalue weighted by Gasteiger charge is -1.99. The van der Waals surface area contributed by atoms with Gasteiger partial charge in [0.1, 0.15) is 0 Å². The van der Waals surface area contributed by atoms with Crippen molar-refractivity contribution in [3.8, 4) is 0 Å². The molecule has 0 bridgehead atoms. The summed E-state index contributed by atoms with van der Waals surface area (Å²) < 4.78 is 2.33. The first-order chi connectivity index (χ1) is 8.42. The van der Waals surface area contributed by atoms with Crippen molar-refractivity contribution in [3.05, 3.63) is 30.6 Å². The van der Waals surface area contributed by atoms with Gasteiger partial charge in [-0.15, -0.1) is 0 Å². The van der Waals surface area contributed by atoms with E-state index in [1.54, 1.807) is 0 Å². The van der Waals surface area contributed by atoms with E-state index in [2.05, 4.69) is 47.1 Å². The van der Waals surface area contributed by atoms with E-state index in [1.165, 1.54) is 49.6 Å². The fraction of sp³-hybridized carbons (Fsp3) is 0.533. The van der Waals surface area contributed by atoms with Gasteiger partial charge in [0.25, 0.3) is 0 Å². The van der Waals surface area contributed by atoms with Crippen molar-refractivity contribution in [3.63, 3.8) is 0 Å². The highest BCUT2D eigenvalue weighted by molar-refractivity contribution is 5.70. The average Bonchev–Trinajstić information content (AvgIpc) is 2.77. The molecule has 17 heavy (non-hydrogen) atoms. The lowest BCUT2D eigenvalue weighted by Crippen LogP contribution is -2.31. The van der Waals surface area contributed by atoms with Crippen LogP contribution in [0, 0.1) is 0 Å². The maximum Gasteiger partial charge on any atom is 0.242 e. The molecule has 0 unspecified atom stereocenters. The molecule has 0 radical (unpaired) electrons. The smallest absolute Gasteiger partial charge is 0.242 e. The number of hydrogen-bond donors (Lipinski definition) is 1. The molecule has 1 heterocycles. The molecule has 0 saturated carbocycles. The molecule has 0 fully saturated rings. The number of unbranched alkanes of at least 4 members (excludes halogenated alkanes) is 5. The molecule has 0 spiro atoms. The second-order valence-corrected chi connectivity index (χ2v) is 4.75. The summed E-state index contributed by atoms with van der Waals surface area (Å²) in [6.07, 6.45) is 10.2. The third kappa shape index (κ3) is 3.32. The number of aryl methyl sites for hydroxylation is 1. The van der Waals surface area contributed by atoms with Crippen LogP contribution in [0.15, 0.2) is 30.6 Å². The van der Waals surface area contributed by atoms with Crippen molar-refractivity contribution in [2.75, 3.05) is 0 Å². The van der Waals surface area contributed by atoms with E-state index >= 15 is 0 Å². The van der Waals surface area contributed by atoms with Crippen LogP contribution in [0.1, 0.15) is 45.4 Å². The molecule has 0 amide bonds. The number of nitrogens with one attached hydrogen (secondary N) is 1. The largest absolute Gasteiger partial charge is 0.243 e. The van der Waals surface area contributed by atoms with Crippen LogP contribution in [-0.4, -0.2) is 4.98 Å². The zero-order chi connectivity index (χ0) is 11.9. The highest BCUT2D eigenvalue weighted by atomic mass is 15.0. The van der Waals surface area contributed by atoms with Crippen LogP contribution >= 0.6 is 0 Å². The van der Waals surface area contributed by atoms with E-state index in [-0.39, 0.29) is 0 Å². The zero-order valence-corrected chi connectivity index (χ0v) is 10.8. The Kier molecular flexibility index (Phi) is 4.60. The number of para-hydroxylation sites is 2. The van der Waals surface area contributed by atoms with Crippen LogP contribution in [0.3, 0.4) is 0 Å². The van der Waals surface area contributed by atoms with E-state index in [0.29, 0.717) is 0 Å². The van der Waals surface area contributed by atoms with Gasteiger partial charge in [0.05, 0.1) is 6.54 Å². The molecule has 0 aliphatic heterocycles. The molecule has 2 heteroatoms. The van der Waals surface area contributed by atoms with E-state index in [1.807, 2.05) is 0 Å². The normalized spacial score (nSPS) is 11.1. The number of rotatable bonds is 7. The predicted octanol–water partition coefficient (Wildman–Crippen LogP) is 3.82. The third-order valence-corrected chi connectivity index (χ3v) is 3.34. The minimum atomic E-state index is 1.14. The van der Waals surface area contributed by atoms with Gasteiger partial charge in [-0.1, -0.05) is 44.7 Å². The minimum Gasteiger partial charge on any atom is -0.243 e. The molecular formula is C15H23N2+. The maximum absolute atomic E-state index is 3.31. The number of benzene rings is 1. The summed E-state index contributed by atoms with van der Waals surface area (Å²) in [7, 11) is 0. The van der Waals surface area contributed by atoms with E-state index in [4.69, 9.17) is 0 Å². The van der Waals surface area contributed by atoms with E-state index in [0.717, 1.165) is 6.54 Å². The number of aromatic amines is 1. The first kappa shape index (κ1) is 12.2. The molecule has 92 valence electrons. The van der Waals surface area contributed by atoms with Crippen LogP contribution in [-0.2, 0) is 6.54 Å². The maximum atomic E-state index is 3.31. The summed E-state index contributed by atoms with van der Waals surface area (Å²) >= 11 is 0. The first-order valence-electron chi connectivity index (χ1n) is 6.87. The van der Waals surface area contributed by atoms with Gasteiger partial charge in [0.15, 0.2) is 11.0 Å². The Morgan fingerprint density at radius 1 is 1.00 bits per heavy atom. The van der Waals surface area contributed by atoms with Gasteiger partial charge in [0, 0.05) is 0 Å². The molecule has 0 aliphatic carbocycles. The standard InChI is InChI=1S/C15H22N2/c1-2-3-4-5-6-9-12-17-13-16-14-10-7-8-11-15(14)17/h7-8,10-11,13H,2-6,9,12H2,1H3/p+1. The van der Waals surface area contributed by atoms with Crippen LogP contribution in [0.25, 0.3) is 11.0 Å². The molecule has 1 N–H and O–H groups in total. The molecule has 0 aliphatic rings. The lowest BCUT2D eigenvalue weighted by molar-refractivity contribution is -0.671. The van der Waals surface area contributed by atoms with Crippen molar-refractivity contribution in [1.29, 1.82) is 0 Å². The summed E-state index contributed by atoms with van der Waals surface area (Å²) in [4.78, 5) is 3.31. The van der Waals surface area contributed by atoms with Crippen molar-refractivity contribution in [2.45, 2.75) is 52.0 Å². The van der Waals surface area contributed by atoms with Gasteiger partial charge in [-0.25, -0.2) is 9.55 Å². The van der Waals surface area contributed by atoms with Gasteiger partial charge in [0.2, 0.25) is 6.33 Å². The molecular weight excluding hydrogens is 208 g/mol. The summed E-state index contributed by atoms with van der Waals surface area (Å²) in [6.45, 7) is 3.40. The van der Waals surface area contributed by atoms with Crippen LogP contribution in [0.4, 0.5) is 0 Å². The zero-order valence-electron chi connectivity index (χ0n) is 10.8. The lowest BCUT2D eigenvalue weighted by atomic mass is 10.1. The molecule has 2 aromatic rings. The monoisotopic (exact) mass is 231 g/mol. The fourth-order valence-corrected chi connectivity index (χ4v) is 2.31. The molecule has 0 atom stereocenters.